The number of fused-ring (bicyclic) bond motifs is 1. The Morgan fingerprint density at radius 2 is 2.07 bits per heavy atom. The number of hydrogen-bond donors (Lipinski definition) is 1. The monoisotopic (exact) mass is 396 g/mol. The number of hydrogen-bond acceptors (Lipinski definition) is 3. The fourth-order valence-electron chi connectivity index (χ4n) is 4.67. The molecule has 0 radical (unpaired) electrons. The molecule has 1 N–H and O–H groups in total. The van der Waals surface area contributed by atoms with Gasteiger partial charge in [-0.1, -0.05) is 25.8 Å². The van der Waals surface area contributed by atoms with Crippen LogP contribution in [0.5, 0.6) is 11.5 Å². The van der Waals surface area contributed by atoms with Crippen LogP contribution in [-0.4, -0.2) is 23.8 Å². The van der Waals surface area contributed by atoms with Crippen LogP contribution >= 0.6 is 0 Å². The van der Waals surface area contributed by atoms with E-state index < -0.39 is 0 Å². The molecular weight excluding hydrogens is 364 g/mol. The van der Waals surface area contributed by atoms with Crippen LogP contribution in [0.25, 0.3) is 0 Å². The number of rotatable bonds is 7. The molecule has 1 aliphatic heterocycles. The van der Waals surface area contributed by atoms with Crippen LogP contribution in [0.15, 0.2) is 30.5 Å². The zero-order valence-corrected chi connectivity index (χ0v) is 17.6. The molecule has 0 spiro atoms. The quantitative estimate of drug-likeness (QED) is 0.668. The molecule has 0 saturated heterocycles. The van der Waals surface area contributed by atoms with E-state index in [0.29, 0.717) is 18.6 Å². The molecule has 5 heteroatoms. The molecule has 4 rings (SSSR count). The smallest absolute Gasteiger partial charge is 0.253 e. The lowest BCUT2D eigenvalue weighted by atomic mass is 9.78. The molecule has 1 aliphatic carbocycles. The lowest BCUT2D eigenvalue weighted by molar-refractivity contribution is 0.0952. The molecule has 2 aromatic rings. The number of unbranched alkanes of at least 4 members (excludes halogenated alkanes) is 1. The molecule has 1 amide bonds. The molecule has 156 valence electrons. The van der Waals surface area contributed by atoms with Gasteiger partial charge in [-0.3, -0.25) is 4.79 Å². The van der Waals surface area contributed by atoms with Gasteiger partial charge in [0.05, 0.1) is 5.56 Å². The number of carbonyl (C=O) groups is 1. The Hall–Kier alpha value is -2.43. The maximum atomic E-state index is 12.4. The van der Waals surface area contributed by atoms with Crippen molar-refractivity contribution in [2.45, 2.75) is 64.8 Å². The van der Waals surface area contributed by atoms with Crippen LogP contribution in [-0.2, 0) is 6.54 Å². The molecular formula is C24H32N2O3. The fourth-order valence-corrected chi connectivity index (χ4v) is 4.67. The summed E-state index contributed by atoms with van der Waals surface area (Å²) in [4.78, 5) is 12.4. The molecule has 2 heterocycles. The Balaban J connectivity index is 1.39. The first-order valence-corrected chi connectivity index (χ1v) is 11.0. The molecule has 1 fully saturated rings. The number of amides is 1. The Bertz CT molecular complexity index is 858. The second-order valence-corrected chi connectivity index (χ2v) is 8.42. The Labute approximate surface area is 173 Å². The lowest BCUT2D eigenvalue weighted by Crippen LogP contribution is -2.25. The first-order valence-electron chi connectivity index (χ1n) is 11.0. The summed E-state index contributed by atoms with van der Waals surface area (Å²) in [7, 11) is 0. The van der Waals surface area contributed by atoms with Crippen molar-refractivity contribution in [2.24, 2.45) is 5.92 Å². The topological polar surface area (TPSA) is 52.5 Å². The van der Waals surface area contributed by atoms with Crippen LogP contribution in [0.1, 0.15) is 73.0 Å². The predicted molar refractivity (Wildman–Crippen MR) is 114 cm³/mol. The zero-order valence-electron chi connectivity index (χ0n) is 17.6. The summed E-state index contributed by atoms with van der Waals surface area (Å²) in [5.74, 6) is 2.98. The Morgan fingerprint density at radius 1 is 1.21 bits per heavy atom. The number of carbonyl (C=O) groups excluding carboxylic acids is 1. The van der Waals surface area contributed by atoms with Crippen molar-refractivity contribution in [2.75, 3.05) is 13.3 Å². The van der Waals surface area contributed by atoms with Crippen molar-refractivity contribution in [1.29, 1.82) is 0 Å². The lowest BCUT2D eigenvalue weighted by Gasteiger charge is -2.30. The van der Waals surface area contributed by atoms with Crippen molar-refractivity contribution in [3.05, 3.63) is 47.3 Å². The normalized spacial score (nSPS) is 20.6. The van der Waals surface area contributed by atoms with Gasteiger partial charge < -0.3 is 19.4 Å². The summed E-state index contributed by atoms with van der Waals surface area (Å²) in [6, 6.07) is 8.37. The van der Waals surface area contributed by atoms with Crippen molar-refractivity contribution in [1.82, 2.24) is 9.88 Å². The number of nitrogens with one attached hydrogen (secondary N) is 1. The van der Waals surface area contributed by atoms with Crippen molar-refractivity contribution in [3.63, 3.8) is 0 Å². The SMILES string of the molecule is CCCCNC(=O)c1ccn(CC2CCCC(c3ccc4c(c3)OCO4)C2)c1C. The van der Waals surface area contributed by atoms with Crippen LogP contribution in [0.2, 0.25) is 0 Å². The average molecular weight is 397 g/mol. The second-order valence-electron chi connectivity index (χ2n) is 8.42. The molecule has 1 aromatic carbocycles. The van der Waals surface area contributed by atoms with E-state index in [1.165, 1.54) is 31.2 Å². The largest absolute Gasteiger partial charge is 0.454 e. The van der Waals surface area contributed by atoms with Gasteiger partial charge in [0.15, 0.2) is 11.5 Å². The zero-order chi connectivity index (χ0) is 20.2. The van der Waals surface area contributed by atoms with Gasteiger partial charge >= 0.3 is 0 Å². The van der Waals surface area contributed by atoms with Crippen LogP contribution in [0.3, 0.4) is 0 Å². The summed E-state index contributed by atoms with van der Waals surface area (Å²) >= 11 is 0. The standard InChI is InChI=1S/C24H32N2O3/c1-3-4-11-25-24(27)21-10-12-26(17(21)2)15-18-6-5-7-19(13-18)20-8-9-22-23(14-20)29-16-28-22/h8-10,12,14,18-19H,3-7,11,13,15-16H2,1-2H3,(H,25,27). The Kier molecular flexibility index (Phi) is 6.12. The highest BCUT2D eigenvalue weighted by Gasteiger charge is 2.26. The van der Waals surface area contributed by atoms with Gasteiger partial charge in [0, 0.05) is 25.0 Å². The molecule has 2 aliphatic rings. The summed E-state index contributed by atoms with van der Waals surface area (Å²) in [6.07, 6.45) is 9.09. The van der Waals surface area contributed by atoms with Gasteiger partial charge in [0.1, 0.15) is 0 Å². The summed E-state index contributed by atoms with van der Waals surface area (Å²) in [5.41, 5.74) is 3.24. The van der Waals surface area contributed by atoms with Crippen LogP contribution in [0.4, 0.5) is 0 Å². The minimum atomic E-state index is 0.0524. The third-order valence-electron chi connectivity index (χ3n) is 6.41. The highest BCUT2D eigenvalue weighted by atomic mass is 16.7. The number of benzene rings is 1. The second kappa shape index (κ2) is 8.93. The van der Waals surface area contributed by atoms with E-state index in [1.807, 2.05) is 12.1 Å². The molecule has 2 unspecified atom stereocenters. The molecule has 2 atom stereocenters. The van der Waals surface area contributed by atoms with Crippen LogP contribution in [0, 0.1) is 12.8 Å². The first kappa shape index (κ1) is 19.9. The number of nitrogens with zero attached hydrogens (tertiary/aromatic N) is 1. The van der Waals surface area contributed by atoms with Gasteiger partial charge in [-0.2, -0.15) is 0 Å². The highest BCUT2D eigenvalue weighted by Crippen LogP contribution is 2.41. The molecule has 0 bridgehead atoms. The molecule has 29 heavy (non-hydrogen) atoms. The van der Waals surface area contributed by atoms with Crippen LogP contribution < -0.4 is 14.8 Å². The molecule has 5 nitrogen and oxygen atoms in total. The first-order chi connectivity index (χ1) is 14.2. The average Bonchev–Trinajstić information content (AvgIpc) is 3.35. The fraction of sp³-hybridized carbons (Fsp3) is 0.542. The minimum absolute atomic E-state index is 0.0524. The van der Waals surface area contributed by atoms with Crippen molar-refractivity contribution >= 4 is 5.91 Å². The Morgan fingerprint density at radius 3 is 2.93 bits per heavy atom. The maximum absolute atomic E-state index is 12.4. The van der Waals surface area contributed by atoms with Gasteiger partial charge in [0.2, 0.25) is 6.79 Å². The summed E-state index contributed by atoms with van der Waals surface area (Å²) in [6.45, 7) is 6.25. The van der Waals surface area contributed by atoms with Gasteiger partial charge in [-0.05, 0) is 68.2 Å². The third-order valence-corrected chi connectivity index (χ3v) is 6.41. The highest BCUT2D eigenvalue weighted by molar-refractivity contribution is 5.95. The van der Waals surface area contributed by atoms with Gasteiger partial charge in [-0.15, -0.1) is 0 Å². The number of ether oxygens (including phenoxy) is 2. The summed E-state index contributed by atoms with van der Waals surface area (Å²) < 4.78 is 13.3. The molecule has 1 aromatic heterocycles. The van der Waals surface area contributed by atoms with E-state index in [-0.39, 0.29) is 5.91 Å². The van der Waals surface area contributed by atoms with E-state index in [0.717, 1.165) is 48.7 Å². The number of aromatic nitrogens is 1. The van der Waals surface area contributed by atoms with E-state index in [9.17, 15) is 4.79 Å². The summed E-state index contributed by atoms with van der Waals surface area (Å²) in [5, 5.41) is 3.03. The predicted octanol–water partition coefficient (Wildman–Crippen LogP) is 5.03. The molecule has 1 saturated carbocycles. The van der Waals surface area contributed by atoms with E-state index in [4.69, 9.17) is 9.47 Å². The maximum Gasteiger partial charge on any atom is 0.253 e. The van der Waals surface area contributed by atoms with E-state index in [1.54, 1.807) is 0 Å². The van der Waals surface area contributed by atoms with Gasteiger partial charge in [0.25, 0.3) is 5.91 Å². The van der Waals surface area contributed by atoms with Crippen molar-refractivity contribution < 1.29 is 14.3 Å². The van der Waals surface area contributed by atoms with E-state index in [2.05, 4.69) is 42.1 Å². The van der Waals surface area contributed by atoms with Crippen molar-refractivity contribution in [3.8, 4) is 11.5 Å². The third kappa shape index (κ3) is 4.44. The minimum Gasteiger partial charge on any atom is -0.454 e. The van der Waals surface area contributed by atoms with E-state index >= 15 is 0 Å². The van der Waals surface area contributed by atoms with Gasteiger partial charge in [-0.25, -0.2) is 0 Å².